The standard InChI is InChI=1S/CH2O3.Cd.H2O/c2-1(3)4;;/h(H2,2,3,4);;1H2. The van der Waals surface area contributed by atoms with Gasteiger partial charge in [0.15, 0.2) is 0 Å². The Morgan fingerprint density at radius 3 is 1.33 bits per heavy atom. The van der Waals surface area contributed by atoms with E-state index in [0.717, 1.165) is 0 Å². The van der Waals surface area contributed by atoms with Crippen LogP contribution in [0, 0.1) is 0 Å². The minimum absolute atomic E-state index is 0. The molecule has 4 N–H and O–H groups in total. The second kappa shape index (κ2) is 8.94. The van der Waals surface area contributed by atoms with E-state index >= 15 is 0 Å². The molecule has 0 aromatic carbocycles. The first kappa shape index (κ1) is 16.4. The first-order chi connectivity index (χ1) is 1.73. The summed E-state index contributed by atoms with van der Waals surface area (Å²) in [5.41, 5.74) is 0. The molecule has 0 heterocycles. The number of rotatable bonds is 0. The smallest absolute Gasteiger partial charge is 0.450 e. The topological polar surface area (TPSA) is 89.0 Å². The van der Waals surface area contributed by atoms with Gasteiger partial charge in [-0.1, -0.05) is 0 Å². The van der Waals surface area contributed by atoms with E-state index in [1.54, 1.807) is 0 Å². The van der Waals surface area contributed by atoms with Crippen LogP contribution in [0.3, 0.4) is 0 Å². The van der Waals surface area contributed by atoms with Gasteiger partial charge in [0.2, 0.25) is 0 Å². The summed E-state index contributed by atoms with van der Waals surface area (Å²) < 4.78 is 0. The van der Waals surface area contributed by atoms with Crippen molar-refractivity contribution in [2.75, 3.05) is 0 Å². The molecule has 0 atom stereocenters. The quantitative estimate of drug-likeness (QED) is 0.502. The fraction of sp³-hybridized carbons (Fsp3) is 0. The van der Waals surface area contributed by atoms with E-state index in [0.29, 0.717) is 0 Å². The minimum Gasteiger partial charge on any atom is -0.450 e. The van der Waals surface area contributed by atoms with Crippen LogP contribution < -0.4 is 0 Å². The van der Waals surface area contributed by atoms with Crippen molar-refractivity contribution >= 4 is 6.16 Å². The van der Waals surface area contributed by atoms with Crippen molar-refractivity contribution in [3.8, 4) is 0 Å². The van der Waals surface area contributed by atoms with Gasteiger partial charge in [0.1, 0.15) is 0 Å². The maximum absolute atomic E-state index is 8.56. The Balaban J connectivity index is -0.0000000450. The van der Waals surface area contributed by atoms with E-state index < -0.39 is 6.16 Å². The summed E-state index contributed by atoms with van der Waals surface area (Å²) >= 11 is 0. The molecule has 0 fully saturated rings. The van der Waals surface area contributed by atoms with Crippen molar-refractivity contribution in [1.29, 1.82) is 0 Å². The van der Waals surface area contributed by atoms with Gasteiger partial charge in [0, 0.05) is 27.3 Å². The van der Waals surface area contributed by atoms with E-state index in [4.69, 9.17) is 15.0 Å². The van der Waals surface area contributed by atoms with Crippen LogP contribution in [0.15, 0.2) is 0 Å². The molecule has 0 aliphatic rings. The second-order valence-electron chi connectivity index (χ2n) is 0.283. The van der Waals surface area contributed by atoms with Crippen LogP contribution in [0.2, 0.25) is 0 Å². The molecule has 0 saturated carbocycles. The predicted octanol–water partition coefficient (Wildman–Crippen LogP) is -0.605. The molecule has 5 heteroatoms. The third-order valence-electron chi connectivity index (χ3n) is 0. The summed E-state index contributed by atoms with van der Waals surface area (Å²) in [6.07, 6.45) is -1.83. The molecule has 0 saturated heterocycles. The zero-order valence-electron chi connectivity index (χ0n) is 3.01. The van der Waals surface area contributed by atoms with Crippen LogP contribution >= 0.6 is 0 Å². The van der Waals surface area contributed by atoms with Gasteiger partial charge >= 0.3 is 6.16 Å². The largest absolute Gasteiger partial charge is 0.503 e. The maximum atomic E-state index is 8.56. The van der Waals surface area contributed by atoms with E-state index in [1.165, 1.54) is 0 Å². The van der Waals surface area contributed by atoms with Crippen molar-refractivity contribution in [3.05, 3.63) is 0 Å². The van der Waals surface area contributed by atoms with Crippen LogP contribution in [0.5, 0.6) is 0 Å². The SMILES string of the molecule is O.O=C(O)O.[Cd]. The van der Waals surface area contributed by atoms with Crippen LogP contribution in [-0.4, -0.2) is 21.8 Å². The van der Waals surface area contributed by atoms with Gasteiger partial charge in [-0.05, 0) is 0 Å². The average molecular weight is 192 g/mol. The molecular formula is CH4CdO4. The molecule has 0 aliphatic heterocycles. The first-order valence-electron chi connectivity index (χ1n) is 0.651. The number of carbonyl (C=O) groups is 1. The van der Waals surface area contributed by atoms with E-state index in [1.807, 2.05) is 0 Å². The summed E-state index contributed by atoms with van der Waals surface area (Å²) in [6, 6.07) is 0. The zero-order chi connectivity index (χ0) is 3.58. The summed E-state index contributed by atoms with van der Waals surface area (Å²) in [4.78, 5) is 8.56. The van der Waals surface area contributed by atoms with Gasteiger partial charge in [-0.3, -0.25) is 0 Å². The van der Waals surface area contributed by atoms with Gasteiger partial charge in [-0.25, -0.2) is 4.79 Å². The Labute approximate surface area is 54.3 Å². The van der Waals surface area contributed by atoms with E-state index in [-0.39, 0.29) is 32.8 Å². The molecule has 6 heavy (non-hydrogen) atoms. The molecule has 0 radical (unpaired) electrons. The van der Waals surface area contributed by atoms with Crippen LogP contribution in [-0.2, 0) is 27.3 Å². The monoisotopic (exact) mass is 194 g/mol. The van der Waals surface area contributed by atoms with Crippen molar-refractivity contribution in [1.82, 2.24) is 0 Å². The van der Waals surface area contributed by atoms with Gasteiger partial charge in [0.25, 0.3) is 0 Å². The zero-order valence-corrected chi connectivity index (χ0v) is 7.05. The van der Waals surface area contributed by atoms with Crippen LogP contribution in [0.25, 0.3) is 0 Å². The molecule has 0 unspecified atom stereocenters. The maximum Gasteiger partial charge on any atom is 0.503 e. The van der Waals surface area contributed by atoms with Gasteiger partial charge in [-0.15, -0.1) is 0 Å². The second-order valence-corrected chi connectivity index (χ2v) is 0.283. The predicted molar refractivity (Wildman–Crippen MR) is 14.3 cm³/mol. The van der Waals surface area contributed by atoms with Gasteiger partial charge < -0.3 is 15.7 Å². The number of hydrogen-bond donors (Lipinski definition) is 2. The minimum atomic E-state index is -1.83. The summed E-state index contributed by atoms with van der Waals surface area (Å²) in [5, 5.41) is 13.9. The fourth-order valence-electron chi connectivity index (χ4n) is 0. The molecule has 0 amide bonds. The number of hydrogen-bond acceptors (Lipinski definition) is 1. The molecule has 34 valence electrons. The Morgan fingerprint density at radius 1 is 1.33 bits per heavy atom. The Morgan fingerprint density at radius 2 is 1.33 bits per heavy atom. The molecular weight excluding hydrogens is 188 g/mol. The molecule has 0 aliphatic carbocycles. The van der Waals surface area contributed by atoms with Crippen molar-refractivity contribution in [2.24, 2.45) is 0 Å². The Hall–Kier alpha value is 0.152. The molecule has 0 aromatic heterocycles. The Kier molecular flexibility index (Phi) is 24.5. The molecule has 0 rings (SSSR count). The van der Waals surface area contributed by atoms with E-state index in [9.17, 15) is 0 Å². The molecule has 0 bridgehead atoms. The van der Waals surface area contributed by atoms with Crippen molar-refractivity contribution < 1.29 is 47.8 Å². The van der Waals surface area contributed by atoms with Gasteiger partial charge in [-0.2, -0.15) is 0 Å². The van der Waals surface area contributed by atoms with Crippen LogP contribution in [0.4, 0.5) is 4.79 Å². The van der Waals surface area contributed by atoms with Crippen molar-refractivity contribution in [2.45, 2.75) is 0 Å². The molecule has 4 nitrogen and oxygen atoms in total. The number of carboxylic acid groups (broad SMARTS) is 2. The average Bonchev–Trinajstić information content (AvgIpc) is 0.811. The fourth-order valence-corrected chi connectivity index (χ4v) is 0. The van der Waals surface area contributed by atoms with Crippen molar-refractivity contribution in [3.63, 3.8) is 0 Å². The normalized spacial score (nSPS) is 4.00. The third-order valence-corrected chi connectivity index (χ3v) is 0. The van der Waals surface area contributed by atoms with Crippen LogP contribution in [0.1, 0.15) is 0 Å². The third kappa shape index (κ3) is 1780. The Bertz CT molecular complexity index is 30.5. The van der Waals surface area contributed by atoms with E-state index in [2.05, 4.69) is 0 Å². The first-order valence-corrected chi connectivity index (χ1v) is 0.651. The summed E-state index contributed by atoms with van der Waals surface area (Å²) in [7, 11) is 0. The summed E-state index contributed by atoms with van der Waals surface area (Å²) in [5.74, 6) is 0. The molecule has 0 aromatic rings. The van der Waals surface area contributed by atoms with Gasteiger partial charge in [0.05, 0.1) is 0 Å². The summed E-state index contributed by atoms with van der Waals surface area (Å²) in [6.45, 7) is 0. The molecule has 0 spiro atoms.